The molecule has 152 valence electrons. The smallest absolute Gasteiger partial charge is 0.322 e. The quantitative estimate of drug-likeness (QED) is 0.516. The third-order valence-corrected chi connectivity index (χ3v) is 6.57. The molecule has 29 heavy (non-hydrogen) atoms. The molecule has 4 rings (SSSR count). The van der Waals surface area contributed by atoms with Gasteiger partial charge in [-0.15, -0.1) is 0 Å². The lowest BCUT2D eigenvalue weighted by molar-refractivity contribution is -0.159. The van der Waals surface area contributed by atoms with Gasteiger partial charge in [0.1, 0.15) is 5.92 Å². The van der Waals surface area contributed by atoms with Crippen LogP contribution in [-0.2, 0) is 19.1 Å². The first-order valence-electron chi connectivity index (χ1n) is 10.0. The number of rotatable bonds is 3. The molecule has 1 saturated heterocycles. The number of methoxy groups -OCH3 is 1. The minimum Gasteiger partial charge on any atom is -0.450 e. The first-order chi connectivity index (χ1) is 13.8. The fraction of sp³-hybridized carbons (Fsp3) is 0.417. The second-order valence-electron chi connectivity index (χ2n) is 8.20. The molecule has 1 aliphatic carbocycles. The highest BCUT2D eigenvalue weighted by atomic mass is 35.5. The van der Waals surface area contributed by atoms with Gasteiger partial charge in [-0.1, -0.05) is 29.8 Å². The van der Waals surface area contributed by atoms with E-state index in [0.29, 0.717) is 17.9 Å². The van der Waals surface area contributed by atoms with Gasteiger partial charge in [-0.25, -0.2) is 0 Å². The van der Waals surface area contributed by atoms with Crippen LogP contribution in [0.2, 0.25) is 5.02 Å². The number of Topliss-reactive ketones (excluding diaryl/α,β-unsaturated/α-hetero) is 1. The number of hydrogen-bond donors (Lipinski definition) is 0. The number of carbonyl (C=O) groups excluding carboxylic acids is 2. The predicted molar refractivity (Wildman–Crippen MR) is 112 cm³/mol. The van der Waals surface area contributed by atoms with Crippen molar-refractivity contribution in [2.45, 2.75) is 57.2 Å². The van der Waals surface area contributed by atoms with Crippen LogP contribution in [0.3, 0.4) is 0 Å². The van der Waals surface area contributed by atoms with Gasteiger partial charge in [0.25, 0.3) is 0 Å². The minimum atomic E-state index is -1.04. The average Bonchev–Trinajstić information content (AvgIpc) is 2.92. The summed E-state index contributed by atoms with van der Waals surface area (Å²) in [6.07, 6.45) is 2.66. The Morgan fingerprint density at radius 3 is 2.52 bits per heavy atom. The van der Waals surface area contributed by atoms with Crippen molar-refractivity contribution < 1.29 is 19.1 Å². The van der Waals surface area contributed by atoms with Crippen molar-refractivity contribution in [1.29, 1.82) is 0 Å². The lowest BCUT2D eigenvalue weighted by Gasteiger charge is -2.34. The molecule has 0 aromatic heterocycles. The molecule has 1 spiro atoms. The monoisotopic (exact) mass is 412 g/mol. The Morgan fingerprint density at radius 1 is 1.10 bits per heavy atom. The molecule has 0 N–H and O–H groups in total. The average molecular weight is 413 g/mol. The fourth-order valence-electron chi connectivity index (χ4n) is 4.77. The molecule has 2 fully saturated rings. The van der Waals surface area contributed by atoms with Gasteiger partial charge in [0, 0.05) is 18.6 Å². The van der Waals surface area contributed by atoms with Crippen LogP contribution in [0, 0.1) is 13.8 Å². The molecule has 3 atom stereocenters. The van der Waals surface area contributed by atoms with Crippen LogP contribution in [-0.4, -0.2) is 30.6 Å². The molecular formula is C24H25ClO4. The summed E-state index contributed by atoms with van der Waals surface area (Å²) >= 11 is 6.03. The van der Waals surface area contributed by atoms with E-state index in [4.69, 9.17) is 21.1 Å². The summed E-state index contributed by atoms with van der Waals surface area (Å²) in [4.78, 5) is 26.3. The number of carbonyl (C=O) groups is 2. The van der Waals surface area contributed by atoms with Gasteiger partial charge < -0.3 is 9.47 Å². The van der Waals surface area contributed by atoms with Crippen molar-refractivity contribution in [2.24, 2.45) is 0 Å². The molecule has 0 bridgehead atoms. The zero-order valence-electron chi connectivity index (χ0n) is 17.0. The van der Waals surface area contributed by atoms with Crippen molar-refractivity contribution in [3.8, 4) is 11.1 Å². The summed E-state index contributed by atoms with van der Waals surface area (Å²) < 4.78 is 11.2. The number of ketones is 1. The maximum Gasteiger partial charge on any atom is 0.322 e. The zero-order valence-corrected chi connectivity index (χ0v) is 17.7. The van der Waals surface area contributed by atoms with Crippen LogP contribution < -0.4 is 0 Å². The fourth-order valence-corrected chi connectivity index (χ4v) is 4.89. The van der Waals surface area contributed by atoms with Gasteiger partial charge in [0.15, 0.2) is 11.4 Å². The molecular weight excluding hydrogens is 388 g/mol. The number of esters is 1. The van der Waals surface area contributed by atoms with E-state index in [0.717, 1.165) is 40.7 Å². The number of halogens is 1. The Bertz CT molecular complexity index is 966. The van der Waals surface area contributed by atoms with Gasteiger partial charge in [-0.2, -0.15) is 0 Å². The van der Waals surface area contributed by atoms with E-state index >= 15 is 0 Å². The summed E-state index contributed by atoms with van der Waals surface area (Å²) in [6, 6.07) is 11.6. The first kappa shape index (κ1) is 20.1. The van der Waals surface area contributed by atoms with Crippen molar-refractivity contribution in [3.05, 3.63) is 58.1 Å². The highest BCUT2D eigenvalue weighted by Gasteiger charge is 2.57. The largest absolute Gasteiger partial charge is 0.450 e. The van der Waals surface area contributed by atoms with Crippen molar-refractivity contribution in [2.75, 3.05) is 7.11 Å². The van der Waals surface area contributed by atoms with Gasteiger partial charge >= 0.3 is 5.97 Å². The van der Waals surface area contributed by atoms with Crippen LogP contribution in [0.25, 0.3) is 11.1 Å². The number of hydrogen-bond acceptors (Lipinski definition) is 4. The van der Waals surface area contributed by atoms with Gasteiger partial charge in [0.2, 0.25) is 0 Å². The molecule has 1 saturated carbocycles. The summed E-state index contributed by atoms with van der Waals surface area (Å²) in [5.74, 6) is -1.45. The third-order valence-electron chi connectivity index (χ3n) is 6.32. The third kappa shape index (κ3) is 3.49. The molecule has 2 aliphatic rings. The van der Waals surface area contributed by atoms with Crippen molar-refractivity contribution in [3.63, 3.8) is 0 Å². The summed E-state index contributed by atoms with van der Waals surface area (Å²) in [5, 5.41) is 0.667. The van der Waals surface area contributed by atoms with Crippen LogP contribution in [0.4, 0.5) is 0 Å². The summed E-state index contributed by atoms with van der Waals surface area (Å²) in [5.41, 5.74) is 3.68. The highest BCUT2D eigenvalue weighted by Crippen LogP contribution is 2.45. The van der Waals surface area contributed by atoms with Crippen LogP contribution in [0.15, 0.2) is 36.4 Å². The topological polar surface area (TPSA) is 52.6 Å². The zero-order chi connectivity index (χ0) is 20.8. The van der Waals surface area contributed by atoms with E-state index in [1.54, 1.807) is 7.11 Å². The maximum absolute atomic E-state index is 13.5. The molecule has 4 nitrogen and oxygen atoms in total. The van der Waals surface area contributed by atoms with Gasteiger partial charge in [0.05, 0.1) is 6.10 Å². The second kappa shape index (κ2) is 7.58. The Kier molecular flexibility index (Phi) is 5.26. The molecule has 0 amide bonds. The molecule has 2 aromatic rings. The molecule has 0 radical (unpaired) electrons. The number of aryl methyl sites for hydroxylation is 2. The van der Waals surface area contributed by atoms with Crippen LogP contribution >= 0.6 is 11.6 Å². The van der Waals surface area contributed by atoms with E-state index in [2.05, 4.69) is 0 Å². The van der Waals surface area contributed by atoms with E-state index < -0.39 is 17.5 Å². The predicted octanol–water partition coefficient (Wildman–Crippen LogP) is 5.16. The molecule has 1 heterocycles. The molecule has 2 aromatic carbocycles. The van der Waals surface area contributed by atoms with E-state index in [1.807, 2.05) is 50.2 Å². The number of benzene rings is 2. The Morgan fingerprint density at radius 2 is 1.83 bits per heavy atom. The van der Waals surface area contributed by atoms with Crippen molar-refractivity contribution in [1.82, 2.24) is 0 Å². The SMILES string of the molecule is COC1CCCC2(C1)OC(=O)C(c1cc(-c3ccc(Cl)cc3)c(C)cc1C)C2=O. The molecule has 5 heteroatoms. The van der Waals surface area contributed by atoms with Gasteiger partial charge in [-0.3, -0.25) is 9.59 Å². The normalized spacial score (nSPS) is 26.8. The Hall–Kier alpha value is -2.17. The van der Waals surface area contributed by atoms with Crippen LogP contribution in [0.1, 0.15) is 48.3 Å². The van der Waals surface area contributed by atoms with Crippen molar-refractivity contribution >= 4 is 23.4 Å². The molecule has 1 aliphatic heterocycles. The standard InChI is InChI=1S/C24H25ClO4/c1-14-11-15(2)20(12-19(14)16-6-8-17(25)9-7-16)21-22(26)24(29-23(21)27)10-4-5-18(13-24)28-3/h6-9,11-12,18,21H,4-5,10,13H2,1-3H3. The first-order valence-corrected chi connectivity index (χ1v) is 10.4. The van der Waals surface area contributed by atoms with E-state index in [9.17, 15) is 9.59 Å². The molecule has 3 unspecified atom stereocenters. The second-order valence-corrected chi connectivity index (χ2v) is 8.63. The number of ether oxygens (including phenoxy) is 2. The van der Waals surface area contributed by atoms with Crippen LogP contribution in [0.5, 0.6) is 0 Å². The lowest BCUT2D eigenvalue weighted by Crippen LogP contribution is -2.44. The summed E-state index contributed by atoms with van der Waals surface area (Å²) in [7, 11) is 1.64. The highest BCUT2D eigenvalue weighted by molar-refractivity contribution is 6.30. The minimum absolute atomic E-state index is 0.0528. The summed E-state index contributed by atoms with van der Waals surface area (Å²) in [6.45, 7) is 3.97. The lowest BCUT2D eigenvalue weighted by atomic mass is 9.76. The van der Waals surface area contributed by atoms with E-state index in [1.165, 1.54) is 0 Å². The Balaban J connectivity index is 1.74. The Labute approximate surface area is 176 Å². The maximum atomic E-state index is 13.5. The van der Waals surface area contributed by atoms with Gasteiger partial charge in [-0.05, 0) is 79.1 Å². The van der Waals surface area contributed by atoms with E-state index in [-0.39, 0.29) is 11.9 Å².